The van der Waals surface area contributed by atoms with Crippen LogP contribution in [-0.2, 0) is 6.42 Å². The van der Waals surface area contributed by atoms with Crippen molar-refractivity contribution in [3.63, 3.8) is 0 Å². The van der Waals surface area contributed by atoms with Crippen LogP contribution in [0.1, 0.15) is 62.2 Å². The number of carbonyl (C=O) groups is 1. The van der Waals surface area contributed by atoms with Gasteiger partial charge in [-0.25, -0.2) is 0 Å². The number of unbranched alkanes of at least 4 members (excludes halogenated alkanes) is 2. The second-order valence-electron chi connectivity index (χ2n) is 3.81. The van der Waals surface area contributed by atoms with Gasteiger partial charge < -0.3 is 4.52 Å². The maximum Gasteiger partial charge on any atom is 0.184 e. The summed E-state index contributed by atoms with van der Waals surface area (Å²) in [5, 5.41) is 3.80. The van der Waals surface area contributed by atoms with Crippen molar-refractivity contribution < 1.29 is 9.32 Å². The SMILES string of the molecule is CCCCC(=O)c1cc(CCCC)on1. The minimum absolute atomic E-state index is 0.100. The van der Waals surface area contributed by atoms with E-state index in [4.69, 9.17) is 4.52 Å². The topological polar surface area (TPSA) is 43.1 Å². The molecule has 0 saturated heterocycles. The maximum atomic E-state index is 11.6. The highest BCUT2D eigenvalue weighted by atomic mass is 16.5. The average molecular weight is 209 g/mol. The molecule has 1 rings (SSSR count). The van der Waals surface area contributed by atoms with Crippen LogP contribution in [0.25, 0.3) is 0 Å². The molecule has 1 aromatic rings. The first-order valence-electron chi connectivity index (χ1n) is 5.76. The summed E-state index contributed by atoms with van der Waals surface area (Å²) in [6.45, 7) is 4.20. The molecule has 0 atom stereocenters. The first-order valence-corrected chi connectivity index (χ1v) is 5.76. The average Bonchev–Trinajstić information content (AvgIpc) is 2.71. The Kier molecular flexibility index (Phi) is 5.08. The minimum Gasteiger partial charge on any atom is -0.361 e. The van der Waals surface area contributed by atoms with Crippen LogP contribution in [0.3, 0.4) is 0 Å². The van der Waals surface area contributed by atoms with Gasteiger partial charge in [-0.15, -0.1) is 0 Å². The van der Waals surface area contributed by atoms with E-state index in [1.165, 1.54) is 0 Å². The molecule has 0 aliphatic heterocycles. The summed E-state index contributed by atoms with van der Waals surface area (Å²) in [6, 6.07) is 1.79. The van der Waals surface area contributed by atoms with Gasteiger partial charge in [-0.1, -0.05) is 31.8 Å². The number of nitrogens with zero attached hydrogens (tertiary/aromatic N) is 1. The monoisotopic (exact) mass is 209 g/mol. The molecule has 3 nitrogen and oxygen atoms in total. The molecule has 0 spiro atoms. The molecule has 0 fully saturated rings. The first kappa shape index (κ1) is 12.0. The van der Waals surface area contributed by atoms with Gasteiger partial charge in [-0.3, -0.25) is 4.79 Å². The number of aromatic nitrogens is 1. The second kappa shape index (κ2) is 6.38. The lowest BCUT2D eigenvalue weighted by Crippen LogP contribution is -1.98. The predicted molar refractivity (Wildman–Crippen MR) is 59.0 cm³/mol. The molecule has 1 heterocycles. The van der Waals surface area contributed by atoms with Crippen molar-refractivity contribution in [3.05, 3.63) is 17.5 Å². The fraction of sp³-hybridized carbons (Fsp3) is 0.667. The number of hydrogen-bond acceptors (Lipinski definition) is 3. The van der Waals surface area contributed by atoms with Gasteiger partial charge in [0.15, 0.2) is 5.78 Å². The van der Waals surface area contributed by atoms with E-state index in [1.807, 2.05) is 0 Å². The van der Waals surface area contributed by atoms with E-state index in [-0.39, 0.29) is 5.78 Å². The van der Waals surface area contributed by atoms with Gasteiger partial charge in [-0.2, -0.15) is 0 Å². The number of Topliss-reactive ketones (excluding diaryl/α,β-unsaturated/α-hetero) is 1. The van der Waals surface area contributed by atoms with Crippen molar-refractivity contribution in [3.8, 4) is 0 Å². The lowest BCUT2D eigenvalue weighted by atomic mass is 10.1. The van der Waals surface area contributed by atoms with E-state index in [2.05, 4.69) is 19.0 Å². The number of aryl methyl sites for hydroxylation is 1. The first-order chi connectivity index (χ1) is 7.27. The zero-order chi connectivity index (χ0) is 11.1. The largest absolute Gasteiger partial charge is 0.361 e. The molecule has 15 heavy (non-hydrogen) atoms. The maximum absolute atomic E-state index is 11.6. The molecule has 0 aliphatic rings. The molecule has 0 radical (unpaired) electrons. The highest BCUT2D eigenvalue weighted by Gasteiger charge is 2.11. The van der Waals surface area contributed by atoms with E-state index in [0.29, 0.717) is 12.1 Å². The Hall–Kier alpha value is -1.12. The molecular formula is C12H19NO2. The third kappa shape index (κ3) is 3.86. The van der Waals surface area contributed by atoms with Crippen molar-refractivity contribution in [2.45, 2.75) is 52.4 Å². The minimum atomic E-state index is 0.100. The highest BCUT2D eigenvalue weighted by molar-refractivity contribution is 5.94. The Bertz CT molecular complexity index is 304. The van der Waals surface area contributed by atoms with Gasteiger partial charge in [0.1, 0.15) is 11.5 Å². The summed E-state index contributed by atoms with van der Waals surface area (Å²) in [5.41, 5.74) is 0.495. The van der Waals surface area contributed by atoms with E-state index in [9.17, 15) is 4.79 Å². The van der Waals surface area contributed by atoms with Crippen LogP contribution >= 0.6 is 0 Å². The third-order valence-electron chi connectivity index (χ3n) is 2.38. The van der Waals surface area contributed by atoms with Gasteiger partial charge in [0.2, 0.25) is 0 Å². The van der Waals surface area contributed by atoms with Crippen LogP contribution in [0, 0.1) is 0 Å². The van der Waals surface area contributed by atoms with Gasteiger partial charge in [-0.05, 0) is 12.8 Å². The molecule has 0 unspecified atom stereocenters. The van der Waals surface area contributed by atoms with Crippen molar-refractivity contribution in [2.24, 2.45) is 0 Å². The summed E-state index contributed by atoms with van der Waals surface area (Å²) in [5.74, 6) is 0.931. The van der Waals surface area contributed by atoms with E-state index in [1.54, 1.807) is 6.07 Å². The van der Waals surface area contributed by atoms with E-state index in [0.717, 1.165) is 37.9 Å². The van der Waals surface area contributed by atoms with Crippen LogP contribution in [0.5, 0.6) is 0 Å². The predicted octanol–water partition coefficient (Wildman–Crippen LogP) is 3.39. The Morgan fingerprint density at radius 1 is 1.33 bits per heavy atom. The van der Waals surface area contributed by atoms with Crippen molar-refractivity contribution >= 4 is 5.78 Å². The van der Waals surface area contributed by atoms with Crippen molar-refractivity contribution in [1.29, 1.82) is 0 Å². The molecule has 0 bridgehead atoms. The number of rotatable bonds is 7. The molecule has 0 N–H and O–H groups in total. The Morgan fingerprint density at radius 2 is 2.07 bits per heavy atom. The summed E-state index contributed by atoms with van der Waals surface area (Å²) >= 11 is 0. The van der Waals surface area contributed by atoms with Crippen molar-refractivity contribution in [1.82, 2.24) is 5.16 Å². The Balaban J connectivity index is 2.47. The zero-order valence-corrected chi connectivity index (χ0v) is 9.58. The molecule has 3 heteroatoms. The molecule has 0 amide bonds. The molecule has 84 valence electrons. The van der Waals surface area contributed by atoms with Gasteiger partial charge >= 0.3 is 0 Å². The molecule has 1 aromatic heterocycles. The summed E-state index contributed by atoms with van der Waals surface area (Å²) in [6.07, 6.45) is 5.63. The normalized spacial score (nSPS) is 10.5. The van der Waals surface area contributed by atoms with Crippen LogP contribution in [0.4, 0.5) is 0 Å². The Labute approximate surface area is 90.8 Å². The lowest BCUT2D eigenvalue weighted by Gasteiger charge is -1.92. The highest BCUT2D eigenvalue weighted by Crippen LogP contribution is 2.10. The smallest absolute Gasteiger partial charge is 0.184 e. The van der Waals surface area contributed by atoms with Crippen LogP contribution in [-0.4, -0.2) is 10.9 Å². The molecule has 0 aliphatic carbocycles. The number of ketones is 1. The fourth-order valence-electron chi connectivity index (χ4n) is 1.38. The third-order valence-corrected chi connectivity index (χ3v) is 2.38. The zero-order valence-electron chi connectivity index (χ0n) is 9.58. The van der Waals surface area contributed by atoms with E-state index < -0.39 is 0 Å². The molecule has 0 aromatic carbocycles. The fourth-order valence-corrected chi connectivity index (χ4v) is 1.38. The Morgan fingerprint density at radius 3 is 2.73 bits per heavy atom. The lowest BCUT2D eigenvalue weighted by molar-refractivity contribution is 0.0971. The van der Waals surface area contributed by atoms with Crippen LogP contribution in [0.2, 0.25) is 0 Å². The van der Waals surface area contributed by atoms with Crippen LogP contribution in [0.15, 0.2) is 10.6 Å². The summed E-state index contributed by atoms with van der Waals surface area (Å²) in [4.78, 5) is 11.6. The van der Waals surface area contributed by atoms with Crippen LogP contribution < -0.4 is 0 Å². The molecule has 0 saturated carbocycles. The molecular weight excluding hydrogens is 190 g/mol. The number of carbonyl (C=O) groups excluding carboxylic acids is 1. The van der Waals surface area contributed by atoms with Gasteiger partial charge in [0.05, 0.1) is 0 Å². The number of hydrogen-bond donors (Lipinski definition) is 0. The standard InChI is InChI=1S/C12H19NO2/c1-3-5-7-10-9-11(13-15-10)12(14)8-6-4-2/h9H,3-8H2,1-2H3. The van der Waals surface area contributed by atoms with Gasteiger partial charge in [0, 0.05) is 18.9 Å². The second-order valence-corrected chi connectivity index (χ2v) is 3.81. The summed E-state index contributed by atoms with van der Waals surface area (Å²) in [7, 11) is 0. The van der Waals surface area contributed by atoms with E-state index >= 15 is 0 Å². The van der Waals surface area contributed by atoms with Crippen molar-refractivity contribution in [2.75, 3.05) is 0 Å². The van der Waals surface area contributed by atoms with Gasteiger partial charge in [0.25, 0.3) is 0 Å². The quantitative estimate of drug-likeness (QED) is 0.646. The summed E-state index contributed by atoms with van der Waals surface area (Å²) < 4.78 is 5.10.